The van der Waals surface area contributed by atoms with Gasteiger partial charge in [-0.1, -0.05) is 0 Å². The number of aliphatic hydroxyl groups excluding tert-OH is 1. The van der Waals surface area contributed by atoms with Crippen molar-refractivity contribution in [3.05, 3.63) is 23.1 Å². The van der Waals surface area contributed by atoms with E-state index in [0.29, 0.717) is 11.3 Å². The normalized spacial score (nSPS) is 34.1. The van der Waals surface area contributed by atoms with E-state index in [9.17, 15) is 18.3 Å². The summed E-state index contributed by atoms with van der Waals surface area (Å²) in [6.07, 6.45) is 3.64. The van der Waals surface area contributed by atoms with Crippen LogP contribution in [0.15, 0.2) is 28.1 Å². The molecule has 0 aromatic heterocycles. The monoisotopic (exact) mass is 293 g/mol. The van der Waals surface area contributed by atoms with Gasteiger partial charge in [0.25, 0.3) is 0 Å². The van der Waals surface area contributed by atoms with Crippen molar-refractivity contribution in [2.45, 2.75) is 29.6 Å². The lowest BCUT2D eigenvalue weighted by Gasteiger charge is -2.33. The molecule has 19 heavy (non-hydrogen) atoms. The largest absolute Gasteiger partial charge is 0.510 e. The Kier molecular flexibility index (Phi) is 2.91. The maximum absolute atomic E-state index is 12.3. The lowest BCUT2D eigenvalue weighted by Crippen LogP contribution is -2.36. The number of hydrogen-bond acceptors (Lipinski definition) is 5. The smallest absolute Gasteiger partial charge is 0.444 e. The van der Waals surface area contributed by atoms with Crippen molar-refractivity contribution >= 4 is 18.0 Å². The van der Waals surface area contributed by atoms with E-state index in [2.05, 4.69) is 4.99 Å². The third-order valence-corrected chi connectivity index (χ3v) is 3.88. The summed E-state index contributed by atoms with van der Waals surface area (Å²) in [4.78, 5) is 3.98. The van der Waals surface area contributed by atoms with E-state index < -0.39 is 16.7 Å². The Hall–Kier alpha value is -0.990. The molecule has 3 aliphatic rings. The van der Waals surface area contributed by atoms with E-state index >= 15 is 0 Å². The van der Waals surface area contributed by atoms with Crippen LogP contribution in [-0.4, -0.2) is 34.7 Å². The minimum atomic E-state index is -4.37. The van der Waals surface area contributed by atoms with Crippen molar-refractivity contribution in [3.63, 3.8) is 0 Å². The van der Waals surface area contributed by atoms with Gasteiger partial charge in [-0.25, -0.2) is 0 Å². The van der Waals surface area contributed by atoms with Crippen LogP contribution in [0, 0.1) is 0 Å². The topological polar surface area (TPSA) is 51.1 Å². The summed E-state index contributed by atoms with van der Waals surface area (Å²) in [5.41, 5.74) is -4.61. The third-order valence-electron chi connectivity index (χ3n) is 3.11. The molecule has 0 bridgehead atoms. The van der Waals surface area contributed by atoms with Crippen molar-refractivity contribution in [2.75, 3.05) is 6.61 Å². The molecule has 3 rings (SSSR count). The Bertz CT molecular complexity index is 500. The zero-order valence-electron chi connectivity index (χ0n) is 9.61. The molecule has 2 atom stereocenters. The highest BCUT2D eigenvalue weighted by atomic mass is 32.2. The summed E-state index contributed by atoms with van der Waals surface area (Å²) >= 11 is -0.227. The molecule has 2 aliphatic heterocycles. The molecule has 2 heterocycles. The molecule has 0 aromatic carbocycles. The average Bonchev–Trinajstić information content (AvgIpc) is 2.90. The Labute approximate surface area is 111 Å². The fourth-order valence-electron chi connectivity index (χ4n) is 2.37. The molecule has 104 valence electrons. The summed E-state index contributed by atoms with van der Waals surface area (Å²) in [6, 6.07) is 0. The van der Waals surface area contributed by atoms with Gasteiger partial charge < -0.3 is 14.6 Å². The van der Waals surface area contributed by atoms with E-state index in [1.165, 1.54) is 6.21 Å². The molecule has 1 saturated heterocycles. The molecular weight excluding hydrogens is 283 g/mol. The molecule has 0 aromatic rings. The lowest BCUT2D eigenvalue weighted by molar-refractivity contribution is -0.137. The minimum Gasteiger partial charge on any atom is -0.510 e. The Balaban J connectivity index is 1.80. The van der Waals surface area contributed by atoms with E-state index in [1.54, 1.807) is 6.08 Å². The number of aliphatic hydroxyl groups is 1. The van der Waals surface area contributed by atoms with Gasteiger partial charge in [-0.05, 0) is 17.8 Å². The lowest BCUT2D eigenvalue weighted by atomic mass is 9.91. The van der Waals surface area contributed by atoms with Gasteiger partial charge in [0.1, 0.15) is 16.9 Å². The standard InChI is InChI=1S/C11H10F3NO3S/c12-11(13,14)19-8-5-17-10(18-8)3-1-7(16)9-6(10)2-4-15-9/h2,4,8,16H,1,3,5H2. The number of fused-ring (bicyclic) bond motifs is 2. The molecule has 1 fully saturated rings. The fourth-order valence-corrected chi connectivity index (χ4v) is 3.01. The van der Waals surface area contributed by atoms with Crippen molar-refractivity contribution < 1.29 is 27.8 Å². The van der Waals surface area contributed by atoms with Crippen molar-refractivity contribution in [2.24, 2.45) is 4.99 Å². The van der Waals surface area contributed by atoms with Gasteiger partial charge in [0, 0.05) is 24.6 Å². The average molecular weight is 293 g/mol. The molecule has 0 saturated carbocycles. The zero-order valence-corrected chi connectivity index (χ0v) is 10.4. The number of allylic oxidation sites excluding steroid dienone is 2. The van der Waals surface area contributed by atoms with Crippen molar-refractivity contribution in [1.29, 1.82) is 0 Å². The second-order valence-corrected chi connectivity index (χ2v) is 5.55. The number of hydrogen-bond donors (Lipinski definition) is 1. The first kappa shape index (κ1) is 13.0. The molecule has 1 N–H and O–H groups in total. The number of aliphatic imine (C=N–C) groups is 1. The van der Waals surface area contributed by atoms with Gasteiger partial charge in [-0.15, -0.1) is 0 Å². The molecule has 8 heteroatoms. The van der Waals surface area contributed by atoms with Crippen LogP contribution in [0.25, 0.3) is 0 Å². The summed E-state index contributed by atoms with van der Waals surface area (Å²) < 4.78 is 47.9. The van der Waals surface area contributed by atoms with Crippen LogP contribution in [-0.2, 0) is 9.47 Å². The van der Waals surface area contributed by atoms with Crippen LogP contribution < -0.4 is 0 Å². The number of ether oxygens (including phenoxy) is 2. The Morgan fingerprint density at radius 2 is 2.26 bits per heavy atom. The first-order valence-corrected chi connectivity index (χ1v) is 6.51. The van der Waals surface area contributed by atoms with E-state index in [4.69, 9.17) is 9.47 Å². The molecule has 2 unspecified atom stereocenters. The van der Waals surface area contributed by atoms with Gasteiger partial charge in [0.2, 0.25) is 0 Å². The van der Waals surface area contributed by atoms with Crippen molar-refractivity contribution in [1.82, 2.24) is 0 Å². The predicted molar refractivity (Wildman–Crippen MR) is 62.7 cm³/mol. The van der Waals surface area contributed by atoms with Gasteiger partial charge in [0.15, 0.2) is 5.79 Å². The second kappa shape index (κ2) is 4.26. The van der Waals surface area contributed by atoms with Crippen molar-refractivity contribution in [3.8, 4) is 0 Å². The first-order chi connectivity index (χ1) is 8.90. The Morgan fingerprint density at radius 3 is 3.00 bits per heavy atom. The highest BCUT2D eigenvalue weighted by molar-refractivity contribution is 8.00. The summed E-state index contributed by atoms with van der Waals surface area (Å²) in [5, 5.41) is 9.70. The molecule has 0 radical (unpaired) electrons. The number of rotatable bonds is 1. The minimum absolute atomic E-state index is 0.116. The van der Waals surface area contributed by atoms with Crippen LogP contribution in [0.3, 0.4) is 0 Å². The number of nitrogens with zero attached hydrogens (tertiary/aromatic N) is 1. The third kappa shape index (κ3) is 2.28. The number of alkyl halides is 3. The van der Waals surface area contributed by atoms with Gasteiger partial charge in [0.05, 0.1) is 6.61 Å². The zero-order chi connectivity index (χ0) is 13.7. The maximum Gasteiger partial charge on any atom is 0.444 e. The molecular formula is C11H10F3NO3S. The van der Waals surface area contributed by atoms with Crippen LogP contribution in [0.2, 0.25) is 0 Å². The maximum atomic E-state index is 12.3. The van der Waals surface area contributed by atoms with Crippen LogP contribution in [0.1, 0.15) is 12.8 Å². The molecule has 1 spiro atoms. The predicted octanol–water partition coefficient (Wildman–Crippen LogP) is 2.88. The molecule has 1 aliphatic carbocycles. The fraction of sp³-hybridized carbons (Fsp3) is 0.545. The highest BCUT2D eigenvalue weighted by Crippen LogP contribution is 2.49. The summed E-state index contributed by atoms with van der Waals surface area (Å²) in [7, 11) is 0. The van der Waals surface area contributed by atoms with Crippen LogP contribution >= 0.6 is 11.8 Å². The molecule has 4 nitrogen and oxygen atoms in total. The molecule has 0 amide bonds. The SMILES string of the molecule is OC1=C2N=CC=C2C2(CC1)OCC(SC(F)(F)F)O2. The summed E-state index contributed by atoms with van der Waals surface area (Å²) in [6.45, 7) is -0.143. The van der Waals surface area contributed by atoms with Gasteiger partial charge in [-0.2, -0.15) is 13.2 Å². The number of thioether (sulfide) groups is 1. The Morgan fingerprint density at radius 1 is 1.47 bits per heavy atom. The number of halogens is 3. The summed E-state index contributed by atoms with van der Waals surface area (Å²) in [5.74, 6) is -1.09. The van der Waals surface area contributed by atoms with Crippen LogP contribution in [0.4, 0.5) is 13.2 Å². The van der Waals surface area contributed by atoms with Crippen LogP contribution in [0.5, 0.6) is 0 Å². The highest BCUT2D eigenvalue weighted by Gasteiger charge is 2.51. The first-order valence-electron chi connectivity index (χ1n) is 5.63. The van der Waals surface area contributed by atoms with E-state index in [0.717, 1.165) is 0 Å². The second-order valence-electron chi connectivity index (χ2n) is 4.33. The quantitative estimate of drug-likeness (QED) is 0.807. The van der Waals surface area contributed by atoms with Gasteiger partial charge in [-0.3, -0.25) is 4.99 Å². The van der Waals surface area contributed by atoms with E-state index in [1.807, 2.05) is 0 Å². The van der Waals surface area contributed by atoms with E-state index in [-0.39, 0.29) is 37.0 Å². The van der Waals surface area contributed by atoms with Gasteiger partial charge >= 0.3 is 5.51 Å².